The van der Waals surface area contributed by atoms with Gasteiger partial charge in [-0.1, -0.05) is 17.7 Å². The van der Waals surface area contributed by atoms with E-state index in [-0.39, 0.29) is 16.9 Å². The number of pyridine rings is 1. The number of aromatic nitrogens is 3. The van der Waals surface area contributed by atoms with Crippen LogP contribution < -0.4 is 11.1 Å². The number of benzene rings is 1. The molecule has 2 heterocycles. The third-order valence-corrected chi connectivity index (χ3v) is 5.60. The zero-order valence-corrected chi connectivity index (χ0v) is 17.7. The van der Waals surface area contributed by atoms with E-state index in [0.717, 1.165) is 5.56 Å². The third kappa shape index (κ3) is 3.64. The highest BCUT2D eigenvalue weighted by molar-refractivity contribution is 6.31. The zero-order chi connectivity index (χ0) is 22.3. The fourth-order valence-corrected chi connectivity index (χ4v) is 3.74. The fourth-order valence-electron chi connectivity index (χ4n) is 3.47. The fraction of sp³-hybridized carbons (Fsp3) is 0.227. The van der Waals surface area contributed by atoms with E-state index in [2.05, 4.69) is 21.5 Å². The maximum atomic E-state index is 13.3. The minimum Gasteiger partial charge on any atom is -0.366 e. The van der Waals surface area contributed by atoms with E-state index in [0.29, 0.717) is 34.9 Å². The van der Waals surface area contributed by atoms with Gasteiger partial charge in [0.15, 0.2) is 5.82 Å². The molecule has 0 unspecified atom stereocenters. The Kier molecular flexibility index (Phi) is 4.99. The van der Waals surface area contributed by atoms with E-state index >= 15 is 0 Å². The van der Waals surface area contributed by atoms with Crippen molar-refractivity contribution in [1.82, 2.24) is 14.8 Å². The van der Waals surface area contributed by atoms with Crippen LogP contribution in [0, 0.1) is 25.2 Å². The van der Waals surface area contributed by atoms with Crippen LogP contribution in [0.1, 0.15) is 50.5 Å². The Morgan fingerprint density at radius 1 is 1.26 bits per heavy atom. The molecule has 1 aromatic carbocycles. The van der Waals surface area contributed by atoms with Crippen LogP contribution >= 0.6 is 11.6 Å². The number of nitrogens with zero attached hydrogens (tertiary/aromatic N) is 4. The molecule has 3 N–H and O–H groups in total. The summed E-state index contributed by atoms with van der Waals surface area (Å²) in [6.45, 7) is 3.57. The van der Waals surface area contributed by atoms with Gasteiger partial charge >= 0.3 is 0 Å². The van der Waals surface area contributed by atoms with E-state index in [1.807, 2.05) is 13.0 Å². The smallest absolute Gasteiger partial charge is 0.274 e. The summed E-state index contributed by atoms with van der Waals surface area (Å²) in [6, 6.07) is 10.6. The molecule has 0 aliphatic heterocycles. The first-order chi connectivity index (χ1) is 14.8. The summed E-state index contributed by atoms with van der Waals surface area (Å²) in [5.74, 6) is -0.738. The average Bonchev–Trinajstić information content (AvgIpc) is 3.41. The Balaban J connectivity index is 1.82. The summed E-state index contributed by atoms with van der Waals surface area (Å²) in [7, 11) is 0. The molecule has 1 aliphatic carbocycles. The Morgan fingerprint density at radius 3 is 2.61 bits per heavy atom. The number of nitrogens with one attached hydrogen (secondary N) is 1. The molecule has 0 saturated heterocycles. The van der Waals surface area contributed by atoms with Crippen LogP contribution in [0.2, 0.25) is 5.02 Å². The van der Waals surface area contributed by atoms with Crippen LogP contribution in [0.5, 0.6) is 0 Å². The molecule has 4 rings (SSSR count). The lowest BCUT2D eigenvalue weighted by Gasteiger charge is -2.14. The number of hydrogen-bond acceptors (Lipinski definition) is 5. The molecule has 2 aromatic heterocycles. The van der Waals surface area contributed by atoms with Crippen molar-refractivity contribution in [3.63, 3.8) is 0 Å². The van der Waals surface area contributed by atoms with Crippen LogP contribution in [0.15, 0.2) is 36.5 Å². The maximum absolute atomic E-state index is 13.3. The lowest BCUT2D eigenvalue weighted by Crippen LogP contribution is -2.22. The second kappa shape index (κ2) is 7.52. The largest absolute Gasteiger partial charge is 0.366 e. The average molecular weight is 435 g/mol. The lowest BCUT2D eigenvalue weighted by molar-refractivity contribution is 0.100. The van der Waals surface area contributed by atoms with Crippen LogP contribution in [0.3, 0.4) is 0 Å². The van der Waals surface area contributed by atoms with Gasteiger partial charge in [0.2, 0.25) is 0 Å². The molecule has 1 aliphatic rings. The number of nitriles is 1. The van der Waals surface area contributed by atoms with Gasteiger partial charge in [-0.25, -0.2) is 9.67 Å². The molecule has 2 amide bonds. The van der Waals surface area contributed by atoms with Crippen molar-refractivity contribution < 1.29 is 9.59 Å². The van der Waals surface area contributed by atoms with Gasteiger partial charge in [0.05, 0.1) is 23.0 Å². The molecule has 0 atom stereocenters. The molecule has 31 heavy (non-hydrogen) atoms. The van der Waals surface area contributed by atoms with Crippen molar-refractivity contribution in [2.45, 2.75) is 32.1 Å². The van der Waals surface area contributed by atoms with Crippen molar-refractivity contribution in [3.05, 3.63) is 69.6 Å². The minimum absolute atomic E-state index is 0.106. The highest BCUT2D eigenvalue weighted by Crippen LogP contribution is 2.47. The number of halogens is 1. The summed E-state index contributed by atoms with van der Waals surface area (Å²) in [5, 5.41) is 17.3. The minimum atomic E-state index is -0.711. The van der Waals surface area contributed by atoms with Gasteiger partial charge in [-0.05, 0) is 62.1 Å². The molecule has 0 bridgehead atoms. The molecule has 1 saturated carbocycles. The molecule has 8 nitrogen and oxygen atoms in total. The van der Waals surface area contributed by atoms with Crippen LogP contribution in [-0.2, 0) is 5.41 Å². The van der Waals surface area contributed by atoms with Crippen molar-refractivity contribution in [1.29, 1.82) is 5.26 Å². The number of aryl methyl sites for hydroxylation is 2. The maximum Gasteiger partial charge on any atom is 0.274 e. The molecule has 0 spiro atoms. The highest BCUT2D eigenvalue weighted by Gasteiger charge is 2.48. The first-order valence-electron chi connectivity index (χ1n) is 9.61. The molecular formula is C22H19ClN6O2. The van der Waals surface area contributed by atoms with E-state index in [1.165, 1.54) is 10.7 Å². The van der Waals surface area contributed by atoms with Crippen molar-refractivity contribution in [2.75, 3.05) is 5.32 Å². The highest BCUT2D eigenvalue weighted by atomic mass is 35.5. The summed E-state index contributed by atoms with van der Waals surface area (Å²) in [5.41, 5.74) is 7.30. The van der Waals surface area contributed by atoms with E-state index in [1.54, 1.807) is 31.3 Å². The predicted octanol–water partition coefficient (Wildman–Crippen LogP) is 3.44. The Morgan fingerprint density at radius 2 is 2.00 bits per heavy atom. The molecule has 1 fully saturated rings. The van der Waals surface area contributed by atoms with Gasteiger partial charge in [0.1, 0.15) is 11.1 Å². The molecule has 3 aromatic rings. The monoisotopic (exact) mass is 434 g/mol. The van der Waals surface area contributed by atoms with Gasteiger partial charge in [0.25, 0.3) is 11.8 Å². The van der Waals surface area contributed by atoms with E-state index < -0.39 is 17.2 Å². The van der Waals surface area contributed by atoms with Crippen LogP contribution in [-0.4, -0.2) is 26.6 Å². The van der Waals surface area contributed by atoms with Crippen LogP contribution in [0.25, 0.3) is 5.82 Å². The SMILES string of the molecule is Cc1cccnc1-n1nc(C2(C#N)CC2)cc1C(=O)Nc1c(C)cc(Cl)cc1C(N)=O. The van der Waals surface area contributed by atoms with Crippen molar-refractivity contribution in [2.24, 2.45) is 5.73 Å². The molecule has 0 radical (unpaired) electrons. The van der Waals surface area contributed by atoms with Gasteiger partial charge in [-0.15, -0.1) is 0 Å². The number of nitrogens with two attached hydrogens (primary N) is 1. The Hall–Kier alpha value is -3.70. The zero-order valence-electron chi connectivity index (χ0n) is 16.9. The number of carbonyl (C=O) groups excluding carboxylic acids is 2. The first kappa shape index (κ1) is 20.6. The van der Waals surface area contributed by atoms with Crippen LogP contribution in [0.4, 0.5) is 5.69 Å². The number of hydrogen-bond donors (Lipinski definition) is 2. The van der Waals surface area contributed by atoms with E-state index in [9.17, 15) is 14.9 Å². The third-order valence-electron chi connectivity index (χ3n) is 5.38. The van der Waals surface area contributed by atoms with Crippen molar-refractivity contribution >= 4 is 29.1 Å². The molecular weight excluding hydrogens is 416 g/mol. The van der Waals surface area contributed by atoms with Gasteiger partial charge in [-0.2, -0.15) is 10.4 Å². The summed E-state index contributed by atoms with van der Waals surface area (Å²) in [4.78, 5) is 29.6. The molecule has 156 valence electrons. The van der Waals surface area contributed by atoms with Crippen molar-refractivity contribution in [3.8, 4) is 11.9 Å². The van der Waals surface area contributed by atoms with E-state index in [4.69, 9.17) is 17.3 Å². The number of carbonyl (C=O) groups is 2. The normalized spacial score (nSPS) is 14.0. The Labute approximate surface area is 183 Å². The van der Waals surface area contributed by atoms with Gasteiger partial charge in [0, 0.05) is 11.2 Å². The second-order valence-electron chi connectivity index (χ2n) is 7.63. The van der Waals surface area contributed by atoms with Gasteiger partial charge < -0.3 is 11.1 Å². The summed E-state index contributed by atoms with van der Waals surface area (Å²) in [6.07, 6.45) is 2.98. The lowest BCUT2D eigenvalue weighted by atomic mass is 10.0. The number of anilines is 1. The molecule has 9 heteroatoms. The predicted molar refractivity (Wildman–Crippen MR) is 115 cm³/mol. The summed E-state index contributed by atoms with van der Waals surface area (Å²) < 4.78 is 1.44. The second-order valence-corrected chi connectivity index (χ2v) is 8.06. The number of primary amides is 1. The first-order valence-corrected chi connectivity index (χ1v) is 9.98. The standard InChI is InChI=1S/C22H19ClN6O2/c1-12-4-3-7-26-20(12)29-16(10-17(28-29)22(11-24)5-6-22)21(31)27-18-13(2)8-14(23)9-15(18)19(25)30/h3-4,7-10H,5-6H2,1-2H3,(H2,25,30)(H,27,31). The number of rotatable bonds is 5. The topological polar surface area (TPSA) is 127 Å². The number of amides is 2. The quantitative estimate of drug-likeness (QED) is 0.635. The Bertz CT molecular complexity index is 1270. The van der Waals surface area contributed by atoms with Gasteiger partial charge in [-0.3, -0.25) is 9.59 Å². The summed E-state index contributed by atoms with van der Waals surface area (Å²) >= 11 is 6.05.